The molecule has 0 spiro atoms. The van der Waals surface area contributed by atoms with Crippen molar-refractivity contribution in [3.05, 3.63) is 0 Å². The number of aliphatic hydroxyl groups is 1. The minimum absolute atomic E-state index is 0.0243. The Bertz CT molecular complexity index is 202. The number of carbonyl (C=O) groups excluding carboxylic acids is 1. The Kier molecular flexibility index (Phi) is 1.83. The van der Waals surface area contributed by atoms with Crippen molar-refractivity contribution in [1.29, 1.82) is 0 Å². The van der Waals surface area contributed by atoms with E-state index in [0.717, 1.165) is 12.8 Å². The van der Waals surface area contributed by atoms with Gasteiger partial charge in [0, 0.05) is 0 Å². The van der Waals surface area contributed by atoms with Gasteiger partial charge in [0.1, 0.15) is 0 Å². The molecule has 3 nitrogen and oxygen atoms in total. The lowest BCUT2D eigenvalue weighted by molar-refractivity contribution is -0.148. The Morgan fingerprint density at radius 3 is 2.83 bits per heavy atom. The van der Waals surface area contributed by atoms with Crippen LogP contribution in [0.3, 0.4) is 0 Å². The smallest absolute Gasteiger partial charge is 0.309 e. The lowest BCUT2D eigenvalue weighted by Crippen LogP contribution is -2.28. The van der Waals surface area contributed by atoms with Crippen LogP contribution in [0, 0.1) is 17.8 Å². The van der Waals surface area contributed by atoms with Gasteiger partial charge in [0.25, 0.3) is 0 Å². The van der Waals surface area contributed by atoms with Crippen molar-refractivity contribution in [2.75, 3.05) is 7.11 Å². The number of esters is 1. The normalized spacial score (nSPS) is 44.8. The Labute approximate surface area is 71.7 Å². The highest BCUT2D eigenvalue weighted by Gasteiger charge is 2.51. The second-order valence-corrected chi connectivity index (χ2v) is 3.91. The van der Waals surface area contributed by atoms with Gasteiger partial charge in [-0.1, -0.05) is 0 Å². The van der Waals surface area contributed by atoms with Gasteiger partial charge in [0.05, 0.1) is 19.1 Å². The lowest BCUT2D eigenvalue weighted by Gasteiger charge is -2.22. The van der Waals surface area contributed by atoms with Gasteiger partial charge in [-0.25, -0.2) is 0 Å². The Morgan fingerprint density at radius 1 is 1.42 bits per heavy atom. The maximum absolute atomic E-state index is 11.2. The Hall–Kier alpha value is -0.570. The number of carbonyl (C=O) groups is 1. The van der Waals surface area contributed by atoms with Gasteiger partial charge in [-0.2, -0.15) is 0 Å². The van der Waals surface area contributed by atoms with E-state index in [1.54, 1.807) is 0 Å². The fourth-order valence-corrected chi connectivity index (χ4v) is 2.37. The van der Waals surface area contributed by atoms with Gasteiger partial charge in [0.15, 0.2) is 0 Å². The van der Waals surface area contributed by atoms with Crippen molar-refractivity contribution < 1.29 is 14.6 Å². The molecule has 0 heterocycles. The molecule has 1 unspecified atom stereocenters. The van der Waals surface area contributed by atoms with Crippen LogP contribution in [0.4, 0.5) is 0 Å². The summed E-state index contributed by atoms with van der Waals surface area (Å²) in [5, 5.41) is 9.41. The van der Waals surface area contributed by atoms with Crippen molar-refractivity contribution in [1.82, 2.24) is 0 Å². The van der Waals surface area contributed by atoms with Crippen LogP contribution in [0.15, 0.2) is 0 Å². The predicted molar refractivity (Wildman–Crippen MR) is 42.3 cm³/mol. The molecule has 2 aliphatic carbocycles. The molecule has 0 bridgehead atoms. The molecule has 0 aliphatic heterocycles. The summed E-state index contributed by atoms with van der Waals surface area (Å²) in [6.07, 6.45) is 2.32. The van der Waals surface area contributed by atoms with Crippen LogP contribution in [-0.2, 0) is 9.53 Å². The second-order valence-electron chi connectivity index (χ2n) is 3.91. The third kappa shape index (κ3) is 1.22. The molecule has 12 heavy (non-hydrogen) atoms. The van der Waals surface area contributed by atoms with Crippen LogP contribution in [0.25, 0.3) is 0 Å². The van der Waals surface area contributed by atoms with Crippen LogP contribution in [0.5, 0.6) is 0 Å². The molecule has 0 amide bonds. The molecule has 4 atom stereocenters. The van der Waals surface area contributed by atoms with Gasteiger partial charge >= 0.3 is 5.97 Å². The summed E-state index contributed by atoms with van der Waals surface area (Å²) in [6.45, 7) is 0. The van der Waals surface area contributed by atoms with Crippen molar-refractivity contribution in [2.45, 2.75) is 25.4 Å². The van der Waals surface area contributed by atoms with Crippen molar-refractivity contribution in [3.8, 4) is 0 Å². The van der Waals surface area contributed by atoms with E-state index in [1.807, 2.05) is 0 Å². The number of rotatable bonds is 1. The molecule has 2 fully saturated rings. The van der Waals surface area contributed by atoms with E-state index in [1.165, 1.54) is 7.11 Å². The monoisotopic (exact) mass is 170 g/mol. The summed E-state index contributed by atoms with van der Waals surface area (Å²) >= 11 is 0. The fraction of sp³-hybridized carbons (Fsp3) is 0.889. The number of aliphatic hydroxyl groups excluding tert-OH is 1. The maximum Gasteiger partial charge on any atom is 0.309 e. The first-order valence-electron chi connectivity index (χ1n) is 4.48. The number of methoxy groups -OCH3 is 1. The second kappa shape index (κ2) is 2.73. The highest BCUT2D eigenvalue weighted by Crippen LogP contribution is 2.53. The van der Waals surface area contributed by atoms with E-state index in [0.29, 0.717) is 18.3 Å². The van der Waals surface area contributed by atoms with Crippen LogP contribution >= 0.6 is 0 Å². The first-order valence-corrected chi connectivity index (χ1v) is 4.48. The van der Waals surface area contributed by atoms with E-state index in [2.05, 4.69) is 4.74 Å². The quantitative estimate of drug-likeness (QED) is 0.585. The average Bonchev–Trinajstić information content (AvgIpc) is 2.80. The number of fused-ring (bicyclic) bond motifs is 1. The Morgan fingerprint density at radius 2 is 2.17 bits per heavy atom. The minimum Gasteiger partial charge on any atom is -0.469 e. The highest BCUT2D eigenvalue weighted by molar-refractivity contribution is 5.73. The molecular formula is C9H14O3. The van der Waals surface area contributed by atoms with E-state index in [-0.39, 0.29) is 18.0 Å². The standard InChI is InChI=1S/C9H14O3/c1-12-9(11)8-4-6(10)2-5-3-7(5)8/h5-8,10H,2-4H2,1H3/t5?,6-,7+,8+/m0/s1. The third-order valence-corrected chi connectivity index (χ3v) is 3.10. The molecule has 0 radical (unpaired) electrons. The lowest BCUT2D eigenvalue weighted by atomic mass is 9.87. The van der Waals surface area contributed by atoms with Crippen molar-refractivity contribution >= 4 is 5.97 Å². The van der Waals surface area contributed by atoms with E-state index in [9.17, 15) is 9.90 Å². The first-order chi connectivity index (χ1) is 5.72. The maximum atomic E-state index is 11.2. The van der Waals surface area contributed by atoms with Gasteiger partial charge in [-0.05, 0) is 31.1 Å². The molecule has 1 N–H and O–H groups in total. The molecule has 0 aromatic heterocycles. The van der Waals surface area contributed by atoms with Gasteiger partial charge in [0.2, 0.25) is 0 Å². The highest BCUT2D eigenvalue weighted by atomic mass is 16.5. The van der Waals surface area contributed by atoms with Crippen molar-refractivity contribution in [2.24, 2.45) is 17.8 Å². The molecule has 68 valence electrons. The minimum atomic E-state index is -0.280. The van der Waals surface area contributed by atoms with Gasteiger partial charge in [-0.15, -0.1) is 0 Å². The van der Waals surface area contributed by atoms with Gasteiger partial charge in [-0.3, -0.25) is 4.79 Å². The van der Waals surface area contributed by atoms with Crippen molar-refractivity contribution in [3.63, 3.8) is 0 Å². The molecule has 0 aromatic rings. The molecular weight excluding hydrogens is 156 g/mol. The summed E-state index contributed by atoms with van der Waals surface area (Å²) in [5.74, 6) is 0.948. The van der Waals surface area contributed by atoms with Crippen LogP contribution in [0.1, 0.15) is 19.3 Å². The zero-order valence-electron chi connectivity index (χ0n) is 7.19. The zero-order chi connectivity index (χ0) is 8.72. The predicted octanol–water partition coefficient (Wildman–Crippen LogP) is 0.566. The fourth-order valence-electron chi connectivity index (χ4n) is 2.37. The summed E-state index contributed by atoms with van der Waals surface area (Å²) in [4.78, 5) is 11.2. The van der Waals surface area contributed by atoms with Gasteiger partial charge < -0.3 is 9.84 Å². The van der Waals surface area contributed by atoms with Crippen LogP contribution < -0.4 is 0 Å². The van der Waals surface area contributed by atoms with E-state index >= 15 is 0 Å². The largest absolute Gasteiger partial charge is 0.469 e. The zero-order valence-corrected chi connectivity index (χ0v) is 7.19. The number of ether oxygens (including phenoxy) is 1. The molecule has 0 aromatic carbocycles. The summed E-state index contributed by atoms with van der Waals surface area (Å²) < 4.78 is 4.69. The summed E-state index contributed by atoms with van der Waals surface area (Å²) in [7, 11) is 1.42. The van der Waals surface area contributed by atoms with Crippen LogP contribution in [-0.4, -0.2) is 24.3 Å². The molecule has 2 saturated carbocycles. The molecule has 2 rings (SSSR count). The first kappa shape index (κ1) is 8.05. The van der Waals surface area contributed by atoms with E-state index < -0.39 is 0 Å². The SMILES string of the molecule is COC(=O)[C@@H]1C[C@@H](O)CC2C[C@H]21. The topological polar surface area (TPSA) is 46.5 Å². The van der Waals surface area contributed by atoms with Crippen LogP contribution in [0.2, 0.25) is 0 Å². The average molecular weight is 170 g/mol. The Balaban J connectivity index is 2.01. The summed E-state index contributed by atoms with van der Waals surface area (Å²) in [5.41, 5.74) is 0. The third-order valence-electron chi connectivity index (χ3n) is 3.10. The number of hydrogen-bond donors (Lipinski definition) is 1. The molecule has 3 heteroatoms. The molecule has 2 aliphatic rings. The summed E-state index contributed by atoms with van der Waals surface area (Å²) in [6, 6.07) is 0. The molecule has 0 saturated heterocycles. The van der Waals surface area contributed by atoms with E-state index in [4.69, 9.17) is 0 Å². The number of hydrogen-bond acceptors (Lipinski definition) is 3.